The molecule has 0 radical (unpaired) electrons. The number of carbonyl (C=O) groups excluding carboxylic acids is 1. The number of hydrogen-bond acceptors (Lipinski definition) is 2. The molecule has 0 fully saturated rings. The molecule has 0 aliphatic rings. The summed E-state index contributed by atoms with van der Waals surface area (Å²) >= 11 is 0. The minimum absolute atomic E-state index is 0. The molecule has 0 heterocycles. The molecule has 0 saturated heterocycles. The molecule has 21 heavy (non-hydrogen) atoms. The van der Waals surface area contributed by atoms with Crippen molar-refractivity contribution in [2.75, 3.05) is 6.54 Å². The van der Waals surface area contributed by atoms with Gasteiger partial charge in [0, 0.05) is 13.0 Å². The van der Waals surface area contributed by atoms with E-state index in [9.17, 15) is 4.79 Å². The average molecular weight is 313 g/mol. The Kier molecular flexibility index (Phi) is 9.31. The van der Waals surface area contributed by atoms with Crippen LogP contribution in [0.25, 0.3) is 0 Å². The largest absolute Gasteiger partial charge is 0.349 e. The van der Waals surface area contributed by atoms with Crippen molar-refractivity contribution in [3.8, 4) is 0 Å². The van der Waals surface area contributed by atoms with Crippen molar-refractivity contribution in [1.82, 2.24) is 5.32 Å². The van der Waals surface area contributed by atoms with Gasteiger partial charge in [0.25, 0.3) is 0 Å². The van der Waals surface area contributed by atoms with Crippen molar-refractivity contribution < 1.29 is 4.79 Å². The van der Waals surface area contributed by atoms with E-state index in [1.807, 2.05) is 0 Å². The van der Waals surface area contributed by atoms with Gasteiger partial charge in [-0.05, 0) is 29.4 Å². The highest BCUT2D eigenvalue weighted by atomic mass is 35.5. The molecule has 120 valence electrons. The molecule has 3 nitrogen and oxygen atoms in total. The minimum Gasteiger partial charge on any atom is -0.349 e. The Morgan fingerprint density at radius 3 is 2.10 bits per heavy atom. The van der Waals surface area contributed by atoms with Crippen LogP contribution in [0.1, 0.15) is 63.6 Å². The second kappa shape index (κ2) is 9.80. The molecule has 1 aromatic carbocycles. The van der Waals surface area contributed by atoms with Crippen molar-refractivity contribution >= 4 is 18.3 Å². The van der Waals surface area contributed by atoms with Gasteiger partial charge in [0.05, 0.1) is 6.04 Å². The molecule has 0 bridgehead atoms. The van der Waals surface area contributed by atoms with Gasteiger partial charge in [0.1, 0.15) is 0 Å². The lowest BCUT2D eigenvalue weighted by molar-refractivity contribution is -0.122. The maximum atomic E-state index is 11.8. The van der Waals surface area contributed by atoms with Crippen LogP contribution < -0.4 is 11.1 Å². The number of carbonyl (C=O) groups is 1. The standard InChI is InChI=1S/C17H28N2O.ClH/c1-5-13(4)14-6-8-15(9-7-14)17(12(2)3)19-16(20)10-11-18;/h6-9,12-13,17H,5,10-11,18H2,1-4H3,(H,19,20);1H. The van der Waals surface area contributed by atoms with Gasteiger partial charge in [-0.25, -0.2) is 0 Å². The molecular weight excluding hydrogens is 284 g/mol. The van der Waals surface area contributed by atoms with Crippen LogP contribution in [0.4, 0.5) is 0 Å². The number of benzene rings is 1. The number of rotatable bonds is 7. The maximum absolute atomic E-state index is 11.8. The Morgan fingerprint density at radius 2 is 1.67 bits per heavy atom. The van der Waals surface area contributed by atoms with Gasteiger partial charge in [-0.3, -0.25) is 4.79 Å². The lowest BCUT2D eigenvalue weighted by Gasteiger charge is -2.23. The maximum Gasteiger partial charge on any atom is 0.221 e. The van der Waals surface area contributed by atoms with E-state index in [2.05, 4.69) is 57.3 Å². The molecular formula is C17H29ClN2O. The van der Waals surface area contributed by atoms with Crippen LogP contribution in [0.3, 0.4) is 0 Å². The molecule has 0 spiro atoms. The van der Waals surface area contributed by atoms with E-state index in [4.69, 9.17) is 5.73 Å². The first-order chi connectivity index (χ1) is 9.49. The van der Waals surface area contributed by atoms with E-state index in [-0.39, 0.29) is 24.4 Å². The summed E-state index contributed by atoms with van der Waals surface area (Å²) in [6.45, 7) is 9.07. The molecule has 1 amide bonds. The van der Waals surface area contributed by atoms with Gasteiger partial charge in [0.15, 0.2) is 0 Å². The number of nitrogens with two attached hydrogens (primary N) is 1. The molecule has 0 aliphatic heterocycles. The Morgan fingerprint density at radius 1 is 1.14 bits per heavy atom. The fourth-order valence-corrected chi connectivity index (χ4v) is 2.28. The smallest absolute Gasteiger partial charge is 0.221 e. The fraction of sp³-hybridized carbons (Fsp3) is 0.588. The topological polar surface area (TPSA) is 55.1 Å². The summed E-state index contributed by atoms with van der Waals surface area (Å²) < 4.78 is 0. The van der Waals surface area contributed by atoms with Crippen LogP contribution in [0, 0.1) is 5.92 Å². The van der Waals surface area contributed by atoms with Gasteiger partial charge < -0.3 is 11.1 Å². The van der Waals surface area contributed by atoms with E-state index >= 15 is 0 Å². The lowest BCUT2D eigenvalue weighted by Crippen LogP contribution is -2.32. The third kappa shape index (κ3) is 6.06. The number of nitrogens with one attached hydrogen (secondary N) is 1. The van der Waals surface area contributed by atoms with Crippen molar-refractivity contribution in [3.63, 3.8) is 0 Å². The summed E-state index contributed by atoms with van der Waals surface area (Å²) in [7, 11) is 0. The predicted octanol–water partition coefficient (Wildman–Crippen LogP) is 3.78. The van der Waals surface area contributed by atoms with Gasteiger partial charge in [-0.15, -0.1) is 12.4 Å². The van der Waals surface area contributed by atoms with Crippen molar-refractivity contribution in [1.29, 1.82) is 0 Å². The third-order valence-electron chi connectivity index (χ3n) is 3.83. The molecule has 3 N–H and O–H groups in total. The van der Waals surface area contributed by atoms with Crippen LogP contribution in [0.15, 0.2) is 24.3 Å². The Bertz CT molecular complexity index is 417. The molecule has 2 atom stereocenters. The first-order valence-corrected chi connectivity index (χ1v) is 7.58. The molecule has 1 aromatic rings. The third-order valence-corrected chi connectivity index (χ3v) is 3.83. The second-order valence-corrected chi connectivity index (χ2v) is 5.80. The van der Waals surface area contributed by atoms with E-state index in [0.29, 0.717) is 24.8 Å². The fourth-order valence-electron chi connectivity index (χ4n) is 2.28. The lowest BCUT2D eigenvalue weighted by atomic mass is 9.92. The first kappa shape index (κ1) is 19.9. The quantitative estimate of drug-likeness (QED) is 0.805. The highest BCUT2D eigenvalue weighted by Crippen LogP contribution is 2.25. The Hall–Kier alpha value is -1.06. The predicted molar refractivity (Wildman–Crippen MR) is 91.8 cm³/mol. The van der Waals surface area contributed by atoms with Gasteiger partial charge >= 0.3 is 0 Å². The molecule has 0 aromatic heterocycles. The van der Waals surface area contributed by atoms with E-state index < -0.39 is 0 Å². The molecule has 0 aliphatic carbocycles. The summed E-state index contributed by atoms with van der Waals surface area (Å²) in [6.07, 6.45) is 1.52. The molecule has 1 rings (SSSR count). The van der Waals surface area contributed by atoms with Crippen molar-refractivity contribution in [2.24, 2.45) is 11.7 Å². The monoisotopic (exact) mass is 312 g/mol. The number of amides is 1. The summed E-state index contributed by atoms with van der Waals surface area (Å²) in [4.78, 5) is 11.8. The van der Waals surface area contributed by atoms with E-state index in [1.165, 1.54) is 5.56 Å². The van der Waals surface area contributed by atoms with Crippen molar-refractivity contribution in [3.05, 3.63) is 35.4 Å². The zero-order valence-corrected chi connectivity index (χ0v) is 14.4. The van der Waals surface area contributed by atoms with Crippen molar-refractivity contribution in [2.45, 2.75) is 52.5 Å². The zero-order chi connectivity index (χ0) is 15.1. The second-order valence-electron chi connectivity index (χ2n) is 5.80. The van der Waals surface area contributed by atoms with Gasteiger partial charge in [-0.1, -0.05) is 52.0 Å². The normalized spacial score (nSPS) is 13.4. The average Bonchev–Trinajstić information content (AvgIpc) is 2.44. The van der Waals surface area contributed by atoms with E-state index in [1.54, 1.807) is 0 Å². The van der Waals surface area contributed by atoms with E-state index in [0.717, 1.165) is 12.0 Å². The van der Waals surface area contributed by atoms with Crippen LogP contribution in [0.5, 0.6) is 0 Å². The molecule has 2 unspecified atom stereocenters. The van der Waals surface area contributed by atoms with Gasteiger partial charge in [0.2, 0.25) is 5.91 Å². The number of halogens is 1. The summed E-state index contributed by atoms with van der Waals surface area (Å²) in [6, 6.07) is 8.67. The zero-order valence-electron chi connectivity index (χ0n) is 13.6. The van der Waals surface area contributed by atoms with Crippen LogP contribution >= 0.6 is 12.4 Å². The minimum atomic E-state index is 0. The number of hydrogen-bond donors (Lipinski definition) is 2. The van der Waals surface area contributed by atoms with Gasteiger partial charge in [-0.2, -0.15) is 0 Å². The highest BCUT2D eigenvalue weighted by molar-refractivity contribution is 5.85. The Labute approximate surface area is 135 Å². The summed E-state index contributed by atoms with van der Waals surface area (Å²) in [5, 5.41) is 3.08. The van der Waals surface area contributed by atoms with Crippen LogP contribution in [-0.2, 0) is 4.79 Å². The SMILES string of the molecule is CCC(C)c1ccc(C(NC(=O)CCN)C(C)C)cc1.Cl. The highest BCUT2D eigenvalue weighted by Gasteiger charge is 2.18. The Balaban J connectivity index is 0.00000400. The molecule has 0 saturated carbocycles. The van der Waals surface area contributed by atoms with Crippen LogP contribution in [-0.4, -0.2) is 12.5 Å². The van der Waals surface area contributed by atoms with Crippen LogP contribution in [0.2, 0.25) is 0 Å². The summed E-state index contributed by atoms with van der Waals surface area (Å²) in [5.74, 6) is 0.955. The molecule has 4 heteroatoms. The first-order valence-electron chi connectivity index (χ1n) is 7.58. The summed E-state index contributed by atoms with van der Waals surface area (Å²) in [5.41, 5.74) is 7.95.